The van der Waals surface area contributed by atoms with Crippen molar-refractivity contribution >= 4 is 54.7 Å². The molecule has 0 fully saturated rings. The number of benzene rings is 6. The molecule has 6 aromatic rings. The molecule has 0 saturated heterocycles. The zero-order valence-electron chi connectivity index (χ0n) is 24.5. The molecule has 6 aromatic carbocycles. The fraction of sp³-hybridized carbons (Fsp3) is 0.0500. The van der Waals surface area contributed by atoms with Crippen molar-refractivity contribution in [1.82, 2.24) is 0 Å². The molecular formula is C40H30Br2N2. The van der Waals surface area contributed by atoms with Crippen molar-refractivity contribution in [3.05, 3.63) is 155 Å². The Morgan fingerprint density at radius 1 is 0.409 bits per heavy atom. The van der Waals surface area contributed by atoms with Crippen LogP contribution in [0.4, 0.5) is 11.4 Å². The van der Waals surface area contributed by atoms with E-state index >= 15 is 0 Å². The molecule has 0 heterocycles. The molecule has 0 spiro atoms. The lowest BCUT2D eigenvalue weighted by Crippen LogP contribution is -2.05. The highest BCUT2D eigenvalue weighted by Gasteiger charge is 2.17. The summed E-state index contributed by atoms with van der Waals surface area (Å²) in [5, 5.41) is 0. The average Bonchev–Trinajstić information content (AvgIpc) is 3.07. The summed E-state index contributed by atoms with van der Waals surface area (Å²) in [6.45, 7) is 4.08. The van der Waals surface area contributed by atoms with Crippen LogP contribution in [0.2, 0.25) is 0 Å². The number of hydrogen-bond donors (Lipinski definition) is 0. The number of halogens is 2. The third-order valence-electron chi connectivity index (χ3n) is 7.58. The van der Waals surface area contributed by atoms with Gasteiger partial charge in [-0.25, -0.2) is 0 Å². The van der Waals surface area contributed by atoms with Crippen LogP contribution in [-0.4, -0.2) is 11.4 Å². The second kappa shape index (κ2) is 13.5. The lowest BCUT2D eigenvalue weighted by molar-refractivity contribution is 1.44. The normalized spacial score (nSPS) is 11.9. The van der Waals surface area contributed by atoms with E-state index in [0.717, 1.165) is 70.7 Å². The molecule has 44 heavy (non-hydrogen) atoms. The highest BCUT2D eigenvalue weighted by Crippen LogP contribution is 2.43. The van der Waals surface area contributed by atoms with E-state index in [0.29, 0.717) is 0 Å². The van der Waals surface area contributed by atoms with Crippen molar-refractivity contribution < 1.29 is 0 Å². The molecule has 0 aliphatic carbocycles. The minimum absolute atomic E-state index is 0.843. The Morgan fingerprint density at radius 3 is 1.20 bits per heavy atom. The van der Waals surface area contributed by atoms with Crippen LogP contribution in [0, 0.1) is 0 Å². The Labute approximate surface area is 276 Å². The summed E-state index contributed by atoms with van der Waals surface area (Å²) in [6.07, 6.45) is 0. The average molecular weight is 699 g/mol. The summed E-state index contributed by atoms with van der Waals surface area (Å²) in [6, 6.07) is 50.6. The van der Waals surface area contributed by atoms with Gasteiger partial charge in [0.1, 0.15) is 0 Å². The molecule has 0 aliphatic rings. The minimum atomic E-state index is 0.843. The van der Waals surface area contributed by atoms with Crippen molar-refractivity contribution in [1.29, 1.82) is 0 Å². The summed E-state index contributed by atoms with van der Waals surface area (Å²) in [5.41, 5.74) is 12.3. The standard InChI is InChI=1S/C40H30Br2N2/c1-27(28(2)44-40-37(25-34(41)26-38(40)42)32-21-13-6-14-22-32)43-39-35(30-17-9-4-10-18-30)23-33(29-15-7-3-8-16-29)24-36(39)31-19-11-5-12-20-31/h3-26H,1-2H3. The summed E-state index contributed by atoms with van der Waals surface area (Å²) in [5.74, 6) is 0. The van der Waals surface area contributed by atoms with Crippen molar-refractivity contribution in [2.45, 2.75) is 13.8 Å². The Kier molecular flexibility index (Phi) is 9.11. The number of hydrogen-bond acceptors (Lipinski definition) is 2. The lowest BCUT2D eigenvalue weighted by Gasteiger charge is -2.17. The van der Waals surface area contributed by atoms with E-state index in [1.54, 1.807) is 0 Å². The van der Waals surface area contributed by atoms with Gasteiger partial charge in [-0.15, -0.1) is 0 Å². The van der Waals surface area contributed by atoms with Crippen molar-refractivity contribution in [2.24, 2.45) is 9.98 Å². The first-order valence-corrected chi connectivity index (χ1v) is 16.1. The molecule has 0 aromatic heterocycles. The monoisotopic (exact) mass is 696 g/mol. The van der Waals surface area contributed by atoms with E-state index in [9.17, 15) is 0 Å². The van der Waals surface area contributed by atoms with Gasteiger partial charge in [-0.1, -0.05) is 137 Å². The fourth-order valence-corrected chi connectivity index (χ4v) is 6.56. The molecule has 0 bridgehead atoms. The molecule has 2 nitrogen and oxygen atoms in total. The van der Waals surface area contributed by atoms with E-state index in [-0.39, 0.29) is 0 Å². The molecule has 4 heteroatoms. The van der Waals surface area contributed by atoms with E-state index in [4.69, 9.17) is 9.98 Å². The fourth-order valence-electron chi connectivity index (χ4n) is 5.24. The summed E-state index contributed by atoms with van der Waals surface area (Å²) in [4.78, 5) is 10.5. The second-order valence-corrected chi connectivity index (χ2v) is 12.3. The third kappa shape index (κ3) is 6.57. The molecule has 0 aliphatic heterocycles. The molecule has 0 saturated carbocycles. The largest absolute Gasteiger partial charge is 0.251 e. The van der Waals surface area contributed by atoms with Gasteiger partial charge in [-0.2, -0.15) is 0 Å². The Hall–Kier alpha value is -4.38. The van der Waals surface area contributed by atoms with Crippen LogP contribution in [0.5, 0.6) is 0 Å². The molecule has 214 valence electrons. The first kappa shape index (κ1) is 29.7. The van der Waals surface area contributed by atoms with E-state index in [1.165, 1.54) is 5.56 Å². The van der Waals surface area contributed by atoms with Crippen molar-refractivity contribution in [2.75, 3.05) is 0 Å². The van der Waals surface area contributed by atoms with Gasteiger partial charge in [0.15, 0.2) is 0 Å². The van der Waals surface area contributed by atoms with Gasteiger partial charge in [0.25, 0.3) is 0 Å². The zero-order chi connectivity index (χ0) is 30.5. The molecule has 0 amide bonds. The molecule has 0 unspecified atom stereocenters. The highest BCUT2D eigenvalue weighted by molar-refractivity contribution is 9.11. The Morgan fingerprint density at radius 2 is 0.773 bits per heavy atom. The number of rotatable bonds is 7. The van der Waals surface area contributed by atoms with Crippen molar-refractivity contribution in [3.8, 4) is 44.5 Å². The minimum Gasteiger partial charge on any atom is -0.251 e. The van der Waals surface area contributed by atoms with Gasteiger partial charge in [0.2, 0.25) is 0 Å². The lowest BCUT2D eigenvalue weighted by atomic mass is 9.91. The zero-order valence-corrected chi connectivity index (χ0v) is 27.7. The van der Waals surface area contributed by atoms with E-state index in [1.807, 2.05) is 50.2 Å². The van der Waals surface area contributed by atoms with Gasteiger partial charge >= 0.3 is 0 Å². The Bertz CT molecular complexity index is 1900. The number of aliphatic imine (C=N–C) groups is 2. The van der Waals surface area contributed by atoms with Gasteiger partial charge in [-0.3, -0.25) is 9.98 Å². The molecule has 0 atom stereocenters. The van der Waals surface area contributed by atoms with Gasteiger partial charge in [0.05, 0.1) is 22.8 Å². The quantitative estimate of drug-likeness (QED) is 0.148. The summed E-state index contributed by atoms with van der Waals surface area (Å²) < 4.78 is 1.91. The predicted molar refractivity (Wildman–Crippen MR) is 196 cm³/mol. The van der Waals surface area contributed by atoms with Crippen LogP contribution in [0.1, 0.15) is 13.8 Å². The van der Waals surface area contributed by atoms with Crippen LogP contribution in [0.15, 0.2) is 165 Å². The number of nitrogens with zero attached hydrogens (tertiary/aromatic N) is 2. The van der Waals surface area contributed by atoms with Crippen LogP contribution in [0.3, 0.4) is 0 Å². The highest BCUT2D eigenvalue weighted by atomic mass is 79.9. The summed E-state index contributed by atoms with van der Waals surface area (Å²) >= 11 is 7.44. The van der Waals surface area contributed by atoms with Gasteiger partial charge < -0.3 is 0 Å². The maximum absolute atomic E-state index is 5.35. The SMILES string of the molecule is CC(=Nc1c(Br)cc(Br)cc1-c1ccccc1)C(C)=Nc1c(-c2ccccc2)cc(-c2ccccc2)cc1-c1ccccc1. The first-order valence-electron chi connectivity index (χ1n) is 14.5. The molecule has 6 rings (SSSR count). The van der Waals surface area contributed by atoms with Gasteiger partial charge in [0, 0.05) is 25.6 Å². The third-order valence-corrected chi connectivity index (χ3v) is 8.64. The molecule has 0 radical (unpaired) electrons. The molecule has 0 N–H and O–H groups in total. The smallest absolute Gasteiger partial charge is 0.0854 e. The maximum atomic E-state index is 5.35. The molecular weight excluding hydrogens is 668 g/mol. The van der Waals surface area contributed by atoms with Crippen LogP contribution < -0.4 is 0 Å². The second-order valence-electron chi connectivity index (χ2n) is 10.6. The summed E-state index contributed by atoms with van der Waals surface area (Å²) in [7, 11) is 0. The predicted octanol–water partition coefficient (Wildman–Crippen LogP) is 12.8. The van der Waals surface area contributed by atoms with Crippen molar-refractivity contribution in [3.63, 3.8) is 0 Å². The topological polar surface area (TPSA) is 24.7 Å². The van der Waals surface area contributed by atoms with Crippen LogP contribution in [0.25, 0.3) is 44.5 Å². The van der Waals surface area contributed by atoms with Gasteiger partial charge in [-0.05, 0) is 81.9 Å². The maximum Gasteiger partial charge on any atom is 0.0854 e. The van der Waals surface area contributed by atoms with E-state index in [2.05, 4.69) is 141 Å². The van der Waals surface area contributed by atoms with Crippen LogP contribution in [-0.2, 0) is 0 Å². The Balaban J connectivity index is 1.56. The first-order chi connectivity index (χ1) is 21.5. The van der Waals surface area contributed by atoms with Crippen LogP contribution >= 0.6 is 31.9 Å². The van der Waals surface area contributed by atoms with E-state index < -0.39 is 0 Å².